The van der Waals surface area contributed by atoms with Gasteiger partial charge in [0.25, 0.3) is 0 Å². The largest absolute Gasteiger partial charge is 0.177 e. The summed E-state index contributed by atoms with van der Waals surface area (Å²) in [5.41, 5.74) is 0.717. The second-order valence-corrected chi connectivity index (χ2v) is 5.82. The van der Waals surface area contributed by atoms with Gasteiger partial charge in [0.1, 0.15) is 0 Å². The summed E-state index contributed by atoms with van der Waals surface area (Å²) in [5.74, 6) is 2.71. The molecule has 1 heterocycles. The first-order valence-electron chi connectivity index (χ1n) is 6.52. The molecule has 0 bridgehead atoms. The summed E-state index contributed by atoms with van der Waals surface area (Å²) in [6.07, 6.45) is 9.61. The monoisotopic (exact) mass is 220 g/mol. The van der Waals surface area contributed by atoms with Crippen LogP contribution in [0.5, 0.6) is 0 Å². The molecule has 4 heteroatoms. The summed E-state index contributed by atoms with van der Waals surface area (Å²) >= 11 is 0. The Balaban J connectivity index is 1.51. The Hall–Kier alpha value is -0.930. The molecule has 0 aliphatic heterocycles. The van der Waals surface area contributed by atoms with Crippen molar-refractivity contribution in [1.29, 1.82) is 0 Å². The number of hydrogen-bond donors (Lipinski definition) is 1. The van der Waals surface area contributed by atoms with E-state index in [0.29, 0.717) is 0 Å². The molecular weight excluding hydrogens is 200 g/mol. The van der Waals surface area contributed by atoms with Crippen LogP contribution in [0.3, 0.4) is 0 Å². The zero-order valence-electron chi connectivity index (χ0n) is 9.95. The molecule has 2 saturated carbocycles. The Kier molecular flexibility index (Phi) is 2.45. The van der Waals surface area contributed by atoms with Gasteiger partial charge in [-0.05, 0) is 49.4 Å². The zero-order chi connectivity index (χ0) is 11.0. The van der Waals surface area contributed by atoms with E-state index >= 15 is 0 Å². The summed E-state index contributed by atoms with van der Waals surface area (Å²) in [5, 5.41) is 14.2. The number of nitrogens with zero attached hydrogens (tertiary/aromatic N) is 3. The topological polar surface area (TPSA) is 54.5 Å². The minimum absolute atomic E-state index is 0.717. The third-order valence-electron chi connectivity index (χ3n) is 4.69. The van der Waals surface area contributed by atoms with E-state index in [4.69, 9.17) is 0 Å². The first-order chi connectivity index (χ1) is 7.80. The molecule has 88 valence electrons. The number of nitrogens with one attached hydrogen (secondary N) is 1. The normalized spacial score (nSPS) is 37.8. The molecule has 0 saturated heterocycles. The minimum atomic E-state index is 0.717. The van der Waals surface area contributed by atoms with Crippen LogP contribution in [-0.2, 0) is 6.42 Å². The van der Waals surface area contributed by atoms with Crippen LogP contribution in [0.15, 0.2) is 0 Å². The zero-order valence-corrected chi connectivity index (χ0v) is 9.95. The molecule has 1 aromatic rings. The lowest BCUT2D eigenvalue weighted by Gasteiger charge is -2.45. The van der Waals surface area contributed by atoms with Crippen LogP contribution in [0, 0.1) is 17.3 Å². The average Bonchev–Trinajstić information content (AvgIpc) is 2.85. The maximum absolute atomic E-state index is 4.04. The van der Waals surface area contributed by atoms with Crippen molar-refractivity contribution in [3.05, 3.63) is 5.82 Å². The first-order valence-corrected chi connectivity index (χ1v) is 6.52. The standard InChI is InChI=1S/C12H20N4/c1-2-9-3-4-12(6-9)7-10(8-12)5-11-13-15-16-14-11/h9-10H,2-8H2,1H3,(H,13,14,15,16). The summed E-state index contributed by atoms with van der Waals surface area (Å²) in [6, 6.07) is 0. The Bertz CT molecular complexity index is 340. The smallest absolute Gasteiger partial charge is 0.174 e. The first kappa shape index (κ1) is 10.2. The van der Waals surface area contributed by atoms with Crippen LogP contribution in [-0.4, -0.2) is 20.6 Å². The maximum Gasteiger partial charge on any atom is 0.174 e. The van der Waals surface area contributed by atoms with Gasteiger partial charge >= 0.3 is 0 Å². The van der Waals surface area contributed by atoms with Gasteiger partial charge in [0.2, 0.25) is 0 Å². The van der Waals surface area contributed by atoms with Crippen LogP contribution in [0.2, 0.25) is 0 Å². The number of H-pyrrole nitrogens is 1. The van der Waals surface area contributed by atoms with Crippen molar-refractivity contribution in [3.8, 4) is 0 Å². The maximum atomic E-state index is 4.04. The van der Waals surface area contributed by atoms with Crippen molar-refractivity contribution >= 4 is 0 Å². The highest BCUT2D eigenvalue weighted by molar-refractivity contribution is 5.01. The van der Waals surface area contributed by atoms with Crippen LogP contribution in [0.1, 0.15) is 51.3 Å². The predicted octanol–water partition coefficient (Wildman–Crippen LogP) is 2.35. The summed E-state index contributed by atoms with van der Waals surface area (Å²) in [6.45, 7) is 2.33. The number of aromatic amines is 1. The molecule has 0 amide bonds. The Morgan fingerprint density at radius 1 is 1.31 bits per heavy atom. The highest BCUT2D eigenvalue weighted by Gasteiger charge is 2.48. The SMILES string of the molecule is CCC1CCC2(C1)CC(Cc1nn[nH]n1)C2. The van der Waals surface area contributed by atoms with Gasteiger partial charge in [-0.3, -0.25) is 0 Å². The molecule has 0 aromatic carbocycles. The summed E-state index contributed by atoms with van der Waals surface area (Å²) < 4.78 is 0. The quantitative estimate of drug-likeness (QED) is 0.850. The third kappa shape index (κ3) is 1.74. The van der Waals surface area contributed by atoms with E-state index in [1.54, 1.807) is 0 Å². The van der Waals surface area contributed by atoms with E-state index in [1.165, 1.54) is 38.5 Å². The molecule has 1 unspecified atom stereocenters. The predicted molar refractivity (Wildman–Crippen MR) is 60.7 cm³/mol. The van der Waals surface area contributed by atoms with E-state index in [1.807, 2.05) is 0 Å². The van der Waals surface area contributed by atoms with E-state index in [9.17, 15) is 0 Å². The third-order valence-corrected chi connectivity index (χ3v) is 4.69. The Labute approximate surface area is 96.2 Å². The lowest BCUT2D eigenvalue weighted by molar-refractivity contribution is 0.0563. The molecule has 2 aliphatic rings. The highest BCUT2D eigenvalue weighted by atomic mass is 15.5. The molecule has 1 aromatic heterocycles. The molecule has 1 atom stereocenters. The van der Waals surface area contributed by atoms with Crippen molar-refractivity contribution in [2.24, 2.45) is 17.3 Å². The van der Waals surface area contributed by atoms with Gasteiger partial charge in [0.15, 0.2) is 5.82 Å². The van der Waals surface area contributed by atoms with Gasteiger partial charge in [-0.15, -0.1) is 10.2 Å². The van der Waals surface area contributed by atoms with E-state index in [0.717, 1.165) is 29.5 Å². The lowest BCUT2D eigenvalue weighted by atomic mass is 9.59. The highest BCUT2D eigenvalue weighted by Crippen LogP contribution is 2.58. The van der Waals surface area contributed by atoms with Crippen molar-refractivity contribution < 1.29 is 0 Å². The fourth-order valence-corrected chi connectivity index (χ4v) is 3.88. The van der Waals surface area contributed by atoms with Gasteiger partial charge in [0.05, 0.1) is 0 Å². The van der Waals surface area contributed by atoms with Crippen LogP contribution in [0.25, 0.3) is 0 Å². The van der Waals surface area contributed by atoms with Gasteiger partial charge in [-0.1, -0.05) is 18.6 Å². The van der Waals surface area contributed by atoms with E-state index in [2.05, 4.69) is 27.5 Å². The van der Waals surface area contributed by atoms with Crippen molar-refractivity contribution in [3.63, 3.8) is 0 Å². The summed E-state index contributed by atoms with van der Waals surface area (Å²) in [4.78, 5) is 0. The fraction of sp³-hybridized carbons (Fsp3) is 0.917. The Morgan fingerprint density at radius 2 is 2.12 bits per heavy atom. The van der Waals surface area contributed by atoms with E-state index < -0.39 is 0 Å². The summed E-state index contributed by atoms with van der Waals surface area (Å²) in [7, 11) is 0. The van der Waals surface area contributed by atoms with Gasteiger partial charge < -0.3 is 0 Å². The van der Waals surface area contributed by atoms with Crippen molar-refractivity contribution in [1.82, 2.24) is 20.6 Å². The number of rotatable bonds is 3. The molecule has 1 spiro atoms. The second kappa shape index (κ2) is 3.82. The molecule has 16 heavy (non-hydrogen) atoms. The van der Waals surface area contributed by atoms with Crippen molar-refractivity contribution in [2.75, 3.05) is 0 Å². The van der Waals surface area contributed by atoms with Crippen LogP contribution < -0.4 is 0 Å². The van der Waals surface area contributed by atoms with Crippen LogP contribution in [0.4, 0.5) is 0 Å². The molecule has 2 fully saturated rings. The molecule has 2 aliphatic carbocycles. The molecule has 4 nitrogen and oxygen atoms in total. The van der Waals surface area contributed by atoms with Gasteiger partial charge in [-0.25, -0.2) is 0 Å². The number of hydrogen-bond acceptors (Lipinski definition) is 3. The van der Waals surface area contributed by atoms with Gasteiger partial charge in [0, 0.05) is 6.42 Å². The number of aromatic nitrogens is 4. The van der Waals surface area contributed by atoms with Crippen molar-refractivity contribution in [2.45, 2.75) is 51.9 Å². The van der Waals surface area contributed by atoms with Crippen LogP contribution >= 0.6 is 0 Å². The fourth-order valence-electron chi connectivity index (χ4n) is 3.88. The lowest BCUT2D eigenvalue weighted by Crippen LogP contribution is -2.36. The number of tetrazole rings is 1. The van der Waals surface area contributed by atoms with E-state index in [-0.39, 0.29) is 0 Å². The molecule has 0 radical (unpaired) electrons. The Morgan fingerprint density at radius 3 is 2.75 bits per heavy atom. The minimum Gasteiger partial charge on any atom is -0.177 e. The van der Waals surface area contributed by atoms with Gasteiger partial charge in [-0.2, -0.15) is 5.21 Å². The second-order valence-electron chi connectivity index (χ2n) is 5.82. The average molecular weight is 220 g/mol. The molecular formula is C12H20N4. The molecule has 3 rings (SSSR count). The molecule has 1 N–H and O–H groups in total.